The predicted molar refractivity (Wildman–Crippen MR) is 108 cm³/mol. The minimum atomic E-state index is -0.428. The van der Waals surface area contributed by atoms with Crippen molar-refractivity contribution in [3.05, 3.63) is 34.9 Å². The number of nitrogens with zero attached hydrogens (tertiary/aromatic N) is 4. The second-order valence-electron chi connectivity index (χ2n) is 8.42. The number of hydrogen-bond acceptors (Lipinski definition) is 6. The van der Waals surface area contributed by atoms with Crippen LogP contribution in [0.3, 0.4) is 0 Å². The molecule has 2 aliphatic rings. The molecular weight excluding hydrogens is 386 g/mol. The van der Waals surface area contributed by atoms with Crippen LogP contribution in [0.1, 0.15) is 53.4 Å². The molecule has 2 fully saturated rings. The third-order valence-corrected chi connectivity index (χ3v) is 6.29. The van der Waals surface area contributed by atoms with E-state index in [1.807, 2.05) is 30.6 Å². The molecule has 0 unspecified atom stereocenters. The predicted octanol–water partition coefficient (Wildman–Crippen LogP) is 2.42. The first-order chi connectivity index (χ1) is 14.3. The maximum absolute atomic E-state index is 13.1. The molecule has 4 rings (SSSR count). The molecule has 2 saturated heterocycles. The first-order valence-corrected chi connectivity index (χ1v) is 10.5. The van der Waals surface area contributed by atoms with Crippen molar-refractivity contribution in [2.45, 2.75) is 46.0 Å². The van der Waals surface area contributed by atoms with Crippen LogP contribution in [0.15, 0.2) is 14.9 Å². The SMILES string of the molecule is CCCNC(=O)N1C[C@@H]2CN(C(=O)c3cc(C)oc3C)CC[C@]2(c2nnc(C)o2)C1. The molecule has 9 nitrogen and oxygen atoms in total. The first kappa shape index (κ1) is 20.4. The average Bonchev–Trinajstić information content (AvgIpc) is 3.41. The van der Waals surface area contributed by atoms with Crippen LogP contribution in [0.5, 0.6) is 0 Å². The van der Waals surface area contributed by atoms with E-state index in [1.165, 1.54) is 0 Å². The second kappa shape index (κ2) is 7.77. The van der Waals surface area contributed by atoms with Gasteiger partial charge in [-0.1, -0.05) is 6.92 Å². The minimum absolute atomic E-state index is 0.0238. The lowest BCUT2D eigenvalue weighted by atomic mass is 9.72. The van der Waals surface area contributed by atoms with Crippen LogP contribution >= 0.6 is 0 Å². The van der Waals surface area contributed by atoms with Gasteiger partial charge in [0, 0.05) is 45.6 Å². The van der Waals surface area contributed by atoms with Gasteiger partial charge in [-0.05, 0) is 32.8 Å². The molecule has 2 aromatic rings. The summed E-state index contributed by atoms with van der Waals surface area (Å²) in [6, 6.07) is 1.71. The molecule has 30 heavy (non-hydrogen) atoms. The van der Waals surface area contributed by atoms with Gasteiger partial charge in [0.25, 0.3) is 5.91 Å². The van der Waals surface area contributed by atoms with Crippen molar-refractivity contribution in [2.75, 3.05) is 32.7 Å². The fourth-order valence-corrected chi connectivity index (χ4v) is 4.73. The number of nitrogens with one attached hydrogen (secondary N) is 1. The normalized spacial score (nSPS) is 23.5. The number of urea groups is 1. The highest BCUT2D eigenvalue weighted by Crippen LogP contribution is 2.45. The van der Waals surface area contributed by atoms with Gasteiger partial charge >= 0.3 is 6.03 Å². The summed E-state index contributed by atoms with van der Waals surface area (Å²) in [6.07, 6.45) is 1.54. The molecule has 0 bridgehead atoms. The monoisotopic (exact) mass is 415 g/mol. The maximum Gasteiger partial charge on any atom is 0.317 e. The van der Waals surface area contributed by atoms with E-state index in [2.05, 4.69) is 15.5 Å². The summed E-state index contributed by atoms with van der Waals surface area (Å²) in [7, 11) is 0. The quantitative estimate of drug-likeness (QED) is 0.822. The van der Waals surface area contributed by atoms with Crippen molar-refractivity contribution < 1.29 is 18.4 Å². The summed E-state index contributed by atoms with van der Waals surface area (Å²) in [5, 5.41) is 11.3. The van der Waals surface area contributed by atoms with E-state index < -0.39 is 5.41 Å². The molecule has 1 N–H and O–H groups in total. The number of rotatable bonds is 4. The van der Waals surface area contributed by atoms with E-state index in [-0.39, 0.29) is 17.9 Å². The number of furan rings is 1. The van der Waals surface area contributed by atoms with Gasteiger partial charge < -0.3 is 24.0 Å². The first-order valence-electron chi connectivity index (χ1n) is 10.5. The molecular formula is C21H29N5O4. The van der Waals surface area contributed by atoms with Crippen LogP contribution in [-0.4, -0.2) is 64.7 Å². The summed E-state index contributed by atoms with van der Waals surface area (Å²) in [5.41, 5.74) is 0.173. The van der Waals surface area contributed by atoms with Gasteiger partial charge in [-0.2, -0.15) is 0 Å². The number of piperidine rings is 1. The molecule has 0 aromatic carbocycles. The molecule has 0 saturated carbocycles. The van der Waals surface area contributed by atoms with Crippen molar-refractivity contribution >= 4 is 11.9 Å². The molecule has 0 spiro atoms. The zero-order chi connectivity index (χ0) is 21.5. The highest BCUT2D eigenvalue weighted by Gasteiger charge is 2.55. The molecule has 9 heteroatoms. The number of amides is 3. The third-order valence-electron chi connectivity index (χ3n) is 6.29. The van der Waals surface area contributed by atoms with Crippen molar-refractivity contribution in [2.24, 2.45) is 5.92 Å². The van der Waals surface area contributed by atoms with Gasteiger partial charge in [0.05, 0.1) is 11.0 Å². The highest BCUT2D eigenvalue weighted by molar-refractivity contribution is 5.95. The van der Waals surface area contributed by atoms with Crippen molar-refractivity contribution in [1.29, 1.82) is 0 Å². The van der Waals surface area contributed by atoms with Gasteiger partial charge in [-0.3, -0.25) is 4.79 Å². The van der Waals surface area contributed by atoms with Crippen LogP contribution < -0.4 is 5.32 Å². The van der Waals surface area contributed by atoms with Gasteiger partial charge in [-0.15, -0.1) is 10.2 Å². The summed E-state index contributed by atoms with van der Waals surface area (Å²) >= 11 is 0. The average molecular weight is 415 g/mol. The smallest absolute Gasteiger partial charge is 0.317 e. The van der Waals surface area contributed by atoms with Crippen molar-refractivity contribution in [3.8, 4) is 0 Å². The van der Waals surface area contributed by atoms with E-state index in [0.717, 1.165) is 12.2 Å². The Morgan fingerprint density at radius 3 is 2.60 bits per heavy atom. The van der Waals surface area contributed by atoms with E-state index in [0.29, 0.717) is 62.2 Å². The van der Waals surface area contributed by atoms with Gasteiger partial charge in [0.1, 0.15) is 11.5 Å². The minimum Gasteiger partial charge on any atom is -0.466 e. The van der Waals surface area contributed by atoms with Gasteiger partial charge in [0.15, 0.2) is 0 Å². The standard InChI is InChI=1S/C21H29N5O4/c1-5-7-22-20(28)26-11-16-10-25(18(27)17-9-13(2)29-14(17)3)8-6-21(16,12-26)19-24-23-15(4)30-19/h9,16H,5-8,10-12H2,1-4H3,(H,22,28)/t16-,21-/m0/s1. The Kier molecular flexibility index (Phi) is 5.29. The number of aryl methyl sites for hydroxylation is 3. The summed E-state index contributed by atoms with van der Waals surface area (Å²) < 4.78 is 11.4. The number of likely N-dealkylation sites (tertiary alicyclic amines) is 2. The number of hydrogen-bond donors (Lipinski definition) is 1. The Morgan fingerprint density at radius 2 is 1.97 bits per heavy atom. The molecule has 0 aliphatic carbocycles. The van der Waals surface area contributed by atoms with Crippen LogP contribution in [0.4, 0.5) is 4.79 Å². The number of carbonyl (C=O) groups excluding carboxylic acids is 2. The molecule has 0 radical (unpaired) electrons. The van der Waals surface area contributed by atoms with Crippen LogP contribution in [0, 0.1) is 26.7 Å². The van der Waals surface area contributed by atoms with Gasteiger partial charge in [0.2, 0.25) is 11.8 Å². The second-order valence-corrected chi connectivity index (χ2v) is 8.42. The molecule has 3 amide bonds. The van der Waals surface area contributed by atoms with E-state index in [4.69, 9.17) is 8.83 Å². The molecule has 2 atom stereocenters. The van der Waals surface area contributed by atoms with Crippen LogP contribution in [0.2, 0.25) is 0 Å². The van der Waals surface area contributed by atoms with E-state index in [1.54, 1.807) is 13.0 Å². The van der Waals surface area contributed by atoms with Crippen LogP contribution in [-0.2, 0) is 5.41 Å². The topological polar surface area (TPSA) is 105 Å². The fourth-order valence-electron chi connectivity index (χ4n) is 4.73. The Balaban J connectivity index is 1.59. The highest BCUT2D eigenvalue weighted by atomic mass is 16.4. The van der Waals surface area contributed by atoms with Gasteiger partial charge in [-0.25, -0.2) is 4.79 Å². The van der Waals surface area contributed by atoms with Crippen molar-refractivity contribution in [1.82, 2.24) is 25.3 Å². The van der Waals surface area contributed by atoms with E-state index >= 15 is 0 Å². The summed E-state index contributed by atoms with van der Waals surface area (Å²) in [5.74, 6) is 2.43. The van der Waals surface area contributed by atoms with Crippen LogP contribution in [0.25, 0.3) is 0 Å². The summed E-state index contributed by atoms with van der Waals surface area (Å²) in [6.45, 7) is 10.2. The Bertz CT molecular complexity index is 951. The molecule has 162 valence electrons. The largest absolute Gasteiger partial charge is 0.466 e. The third kappa shape index (κ3) is 3.46. The number of aromatic nitrogens is 2. The van der Waals surface area contributed by atoms with Crippen molar-refractivity contribution in [3.63, 3.8) is 0 Å². The number of carbonyl (C=O) groups is 2. The Hall–Kier alpha value is -2.84. The number of fused-ring (bicyclic) bond motifs is 1. The summed E-state index contributed by atoms with van der Waals surface area (Å²) in [4.78, 5) is 29.5. The molecule has 2 aliphatic heterocycles. The molecule has 2 aromatic heterocycles. The zero-order valence-electron chi connectivity index (χ0n) is 18.0. The fraction of sp³-hybridized carbons (Fsp3) is 0.619. The maximum atomic E-state index is 13.1. The lowest BCUT2D eigenvalue weighted by Crippen LogP contribution is -2.51. The Labute approximate surface area is 175 Å². The lowest BCUT2D eigenvalue weighted by Gasteiger charge is -2.41. The lowest BCUT2D eigenvalue weighted by molar-refractivity contribution is 0.0566. The molecule has 4 heterocycles. The van der Waals surface area contributed by atoms with E-state index in [9.17, 15) is 9.59 Å². The Morgan fingerprint density at radius 1 is 1.20 bits per heavy atom. The zero-order valence-corrected chi connectivity index (χ0v) is 18.0.